The fourth-order valence-electron chi connectivity index (χ4n) is 5.26. The highest BCUT2D eigenvalue weighted by atomic mass is 32.1. The van der Waals surface area contributed by atoms with Crippen LogP contribution in [0.3, 0.4) is 0 Å². The van der Waals surface area contributed by atoms with Crippen molar-refractivity contribution in [2.75, 3.05) is 0 Å². The van der Waals surface area contributed by atoms with Crippen LogP contribution in [0.5, 0.6) is 0 Å². The monoisotopic (exact) mass is 442 g/mol. The molecule has 2 atom stereocenters. The summed E-state index contributed by atoms with van der Waals surface area (Å²) in [6.45, 7) is 2.19. The van der Waals surface area contributed by atoms with Gasteiger partial charge in [-0.25, -0.2) is 9.07 Å². The first-order chi connectivity index (χ1) is 15.5. The second-order valence-electron chi connectivity index (χ2n) is 8.96. The molecule has 160 valence electrons. The lowest BCUT2D eigenvalue weighted by Crippen LogP contribution is -2.34. The normalized spacial score (nSPS) is 19.3. The zero-order valence-electron chi connectivity index (χ0n) is 17.8. The van der Waals surface area contributed by atoms with Crippen LogP contribution >= 0.6 is 11.3 Å². The molecule has 3 nitrogen and oxygen atoms in total. The van der Waals surface area contributed by atoms with E-state index in [0.717, 1.165) is 46.8 Å². The number of benzene rings is 3. The van der Waals surface area contributed by atoms with Crippen molar-refractivity contribution in [2.24, 2.45) is 0 Å². The molecule has 0 fully saturated rings. The predicted molar refractivity (Wildman–Crippen MR) is 128 cm³/mol. The van der Waals surface area contributed by atoms with Crippen LogP contribution in [0.25, 0.3) is 26.7 Å². The van der Waals surface area contributed by atoms with E-state index in [-0.39, 0.29) is 11.2 Å². The maximum atomic E-state index is 13.4. The fraction of sp³-hybridized carbons (Fsp3) is 0.222. The van der Waals surface area contributed by atoms with Gasteiger partial charge in [-0.1, -0.05) is 25.1 Å². The van der Waals surface area contributed by atoms with Crippen molar-refractivity contribution in [1.29, 1.82) is 0 Å². The molecule has 0 unspecified atom stereocenters. The highest BCUT2D eigenvalue weighted by Crippen LogP contribution is 2.49. The number of halogens is 1. The zero-order chi connectivity index (χ0) is 21.9. The van der Waals surface area contributed by atoms with Crippen LogP contribution in [0, 0.1) is 5.82 Å². The molecule has 6 rings (SSSR count). The minimum atomic E-state index is -0.581. The summed E-state index contributed by atoms with van der Waals surface area (Å²) in [4.78, 5) is 0. The number of aliphatic hydroxyl groups is 1. The summed E-state index contributed by atoms with van der Waals surface area (Å²) in [5.41, 5.74) is 4.96. The number of aryl methyl sites for hydroxylation is 1. The number of hydrogen-bond donors (Lipinski definition) is 1. The van der Waals surface area contributed by atoms with Crippen molar-refractivity contribution < 1.29 is 9.50 Å². The number of aliphatic hydroxyl groups excluding tert-OH is 1. The van der Waals surface area contributed by atoms with Gasteiger partial charge in [0.05, 0.1) is 23.5 Å². The van der Waals surface area contributed by atoms with Crippen molar-refractivity contribution in [3.05, 3.63) is 94.7 Å². The Labute approximate surface area is 189 Å². The Bertz CT molecular complexity index is 1450. The summed E-state index contributed by atoms with van der Waals surface area (Å²) in [6, 6.07) is 19.1. The highest BCUT2D eigenvalue weighted by molar-refractivity contribution is 7.17. The van der Waals surface area contributed by atoms with Gasteiger partial charge in [-0.3, -0.25) is 0 Å². The molecule has 0 spiro atoms. The smallest absolute Gasteiger partial charge is 0.123 e. The molecule has 0 amide bonds. The molecule has 1 aliphatic carbocycles. The first kappa shape index (κ1) is 19.6. The largest absolute Gasteiger partial charge is 0.387 e. The number of aromatic nitrogens is 2. The average Bonchev–Trinajstić information content (AvgIpc) is 3.42. The Balaban J connectivity index is 1.47. The molecule has 5 heteroatoms. The van der Waals surface area contributed by atoms with E-state index >= 15 is 0 Å². The van der Waals surface area contributed by atoms with E-state index < -0.39 is 6.10 Å². The van der Waals surface area contributed by atoms with Crippen molar-refractivity contribution >= 4 is 32.3 Å². The summed E-state index contributed by atoms with van der Waals surface area (Å²) >= 11 is 1.69. The molecule has 0 saturated heterocycles. The van der Waals surface area contributed by atoms with Gasteiger partial charge in [0.25, 0.3) is 0 Å². The van der Waals surface area contributed by atoms with Gasteiger partial charge in [0.2, 0.25) is 0 Å². The first-order valence-corrected chi connectivity index (χ1v) is 11.8. The second-order valence-corrected chi connectivity index (χ2v) is 9.87. The summed E-state index contributed by atoms with van der Waals surface area (Å²) in [5, 5.41) is 20.5. The molecular weight excluding hydrogens is 419 g/mol. The van der Waals surface area contributed by atoms with Gasteiger partial charge in [0.1, 0.15) is 5.82 Å². The van der Waals surface area contributed by atoms with Crippen LogP contribution in [-0.4, -0.2) is 14.9 Å². The Morgan fingerprint density at radius 1 is 1.12 bits per heavy atom. The van der Waals surface area contributed by atoms with Crippen molar-refractivity contribution in [3.8, 4) is 5.69 Å². The summed E-state index contributed by atoms with van der Waals surface area (Å²) < 4.78 is 16.5. The molecule has 1 aliphatic rings. The topological polar surface area (TPSA) is 38.1 Å². The van der Waals surface area contributed by atoms with Gasteiger partial charge in [-0.15, -0.1) is 11.3 Å². The van der Waals surface area contributed by atoms with Crippen molar-refractivity contribution in [3.63, 3.8) is 0 Å². The number of fused-ring (bicyclic) bond motifs is 3. The molecule has 1 N–H and O–H groups in total. The number of rotatable bonds is 3. The van der Waals surface area contributed by atoms with E-state index in [2.05, 4.69) is 41.7 Å². The molecule has 32 heavy (non-hydrogen) atoms. The van der Waals surface area contributed by atoms with E-state index in [1.165, 1.54) is 28.0 Å². The van der Waals surface area contributed by atoms with Crippen molar-refractivity contribution in [2.45, 2.75) is 37.7 Å². The van der Waals surface area contributed by atoms with Crippen LogP contribution in [-0.2, 0) is 11.8 Å². The van der Waals surface area contributed by atoms with E-state index in [1.807, 2.05) is 23.0 Å². The molecule has 0 saturated carbocycles. The van der Waals surface area contributed by atoms with Crippen LogP contribution in [0.15, 0.2) is 72.2 Å². The number of nitrogens with zero attached hydrogens (tertiary/aromatic N) is 2. The third-order valence-corrected chi connectivity index (χ3v) is 8.01. The van der Waals surface area contributed by atoms with Gasteiger partial charge in [0.15, 0.2) is 0 Å². The van der Waals surface area contributed by atoms with Crippen LogP contribution in [0.4, 0.5) is 4.39 Å². The molecule has 0 bridgehead atoms. The molecule has 5 aromatic rings. The van der Waals surface area contributed by atoms with Gasteiger partial charge in [0, 0.05) is 15.5 Å². The second kappa shape index (κ2) is 7.26. The molecule has 0 radical (unpaired) electrons. The quantitative estimate of drug-likeness (QED) is 0.337. The van der Waals surface area contributed by atoms with Crippen LogP contribution < -0.4 is 0 Å². The Morgan fingerprint density at radius 3 is 2.78 bits per heavy atom. The van der Waals surface area contributed by atoms with E-state index in [4.69, 9.17) is 0 Å². The first-order valence-electron chi connectivity index (χ1n) is 11.0. The van der Waals surface area contributed by atoms with Gasteiger partial charge in [-0.05, 0) is 89.2 Å². The zero-order valence-corrected chi connectivity index (χ0v) is 18.6. The van der Waals surface area contributed by atoms with E-state index in [1.54, 1.807) is 23.5 Å². The van der Waals surface area contributed by atoms with Gasteiger partial charge < -0.3 is 5.11 Å². The maximum absolute atomic E-state index is 13.4. The van der Waals surface area contributed by atoms with Gasteiger partial charge >= 0.3 is 0 Å². The Hall–Kier alpha value is -3.02. The van der Waals surface area contributed by atoms with Crippen molar-refractivity contribution in [1.82, 2.24) is 9.78 Å². The predicted octanol–water partition coefficient (Wildman–Crippen LogP) is 6.71. The lowest BCUT2D eigenvalue weighted by molar-refractivity contribution is 0.0799. The number of hydrogen-bond acceptors (Lipinski definition) is 3. The Kier molecular flexibility index (Phi) is 4.46. The minimum Gasteiger partial charge on any atom is -0.387 e. The standard InChI is InChI=1S/C27H23FN2OS/c1-27(26(31)22-16-32-25-7-3-2-6-21(22)25)12-4-5-17-14-24-18(13-23(17)27)15-29-30(24)20-10-8-19(28)9-11-20/h2-3,6-11,13-16,26,31H,4-5,12H2,1H3/t26-,27-/m1/s1. The summed E-state index contributed by atoms with van der Waals surface area (Å²) in [7, 11) is 0. The summed E-state index contributed by atoms with van der Waals surface area (Å²) in [6.07, 6.45) is 4.22. The van der Waals surface area contributed by atoms with Crippen LogP contribution in [0.1, 0.15) is 42.6 Å². The summed E-state index contributed by atoms with van der Waals surface area (Å²) in [5.74, 6) is -0.256. The van der Waals surface area contributed by atoms with Crippen LogP contribution in [0.2, 0.25) is 0 Å². The highest BCUT2D eigenvalue weighted by Gasteiger charge is 2.40. The number of thiophene rings is 1. The molecule has 3 aromatic carbocycles. The molecule has 2 heterocycles. The van der Waals surface area contributed by atoms with E-state index in [9.17, 15) is 9.50 Å². The molecular formula is C27H23FN2OS. The van der Waals surface area contributed by atoms with E-state index in [0.29, 0.717) is 0 Å². The lowest BCUT2D eigenvalue weighted by Gasteiger charge is -2.40. The third-order valence-electron chi connectivity index (χ3n) is 7.03. The lowest BCUT2D eigenvalue weighted by atomic mass is 9.66. The SMILES string of the molecule is C[C@@]1([C@H](O)c2csc3ccccc23)CCCc2cc3c(cnn3-c3ccc(F)cc3)cc21. The van der Waals surface area contributed by atoms with Gasteiger partial charge in [-0.2, -0.15) is 5.10 Å². The Morgan fingerprint density at radius 2 is 1.94 bits per heavy atom. The molecule has 0 aliphatic heterocycles. The minimum absolute atomic E-state index is 0.256. The fourth-order valence-corrected chi connectivity index (χ4v) is 6.24. The molecule has 2 aromatic heterocycles. The maximum Gasteiger partial charge on any atom is 0.123 e. The third kappa shape index (κ3) is 2.92. The average molecular weight is 443 g/mol.